The average molecular weight is 219 g/mol. The Bertz CT molecular complexity index is 338. The minimum Gasteiger partial charge on any atom is -0.385 e. The summed E-state index contributed by atoms with van der Waals surface area (Å²) in [6.45, 7) is 4.17. The summed E-state index contributed by atoms with van der Waals surface area (Å²) in [5.74, 6) is 0.366. The Morgan fingerprint density at radius 3 is 2.56 bits per heavy atom. The van der Waals surface area contributed by atoms with Crippen molar-refractivity contribution in [3.8, 4) is 0 Å². The standard InChI is InChI=1S/C14H21NO/c1-3-14(16,12-7-5-4-6-8-12)13-9-10-15(2)11-13/h4-8,13,16H,3,9-11H2,1-2H3/t13-,14-/m0/s1. The van der Waals surface area contributed by atoms with Crippen LogP contribution in [-0.2, 0) is 5.60 Å². The quantitative estimate of drug-likeness (QED) is 0.842. The Balaban J connectivity index is 2.26. The second-order valence-corrected chi connectivity index (χ2v) is 4.89. The first-order valence-electron chi connectivity index (χ1n) is 6.13. The summed E-state index contributed by atoms with van der Waals surface area (Å²) in [7, 11) is 2.13. The van der Waals surface area contributed by atoms with Gasteiger partial charge in [-0.25, -0.2) is 0 Å². The van der Waals surface area contributed by atoms with E-state index in [1.54, 1.807) is 0 Å². The third-order valence-corrected chi connectivity index (χ3v) is 3.88. The van der Waals surface area contributed by atoms with Gasteiger partial charge in [-0.15, -0.1) is 0 Å². The summed E-state index contributed by atoms with van der Waals surface area (Å²) in [5, 5.41) is 10.9. The van der Waals surface area contributed by atoms with Gasteiger partial charge in [-0.3, -0.25) is 0 Å². The fraction of sp³-hybridized carbons (Fsp3) is 0.571. The Morgan fingerprint density at radius 1 is 1.38 bits per heavy atom. The molecular weight excluding hydrogens is 198 g/mol. The first kappa shape index (κ1) is 11.6. The van der Waals surface area contributed by atoms with Gasteiger partial charge in [0.2, 0.25) is 0 Å². The van der Waals surface area contributed by atoms with Crippen LogP contribution in [0.5, 0.6) is 0 Å². The molecule has 0 aliphatic carbocycles. The van der Waals surface area contributed by atoms with Gasteiger partial charge in [0.15, 0.2) is 0 Å². The molecule has 0 spiro atoms. The topological polar surface area (TPSA) is 23.5 Å². The van der Waals surface area contributed by atoms with Gasteiger partial charge in [0.05, 0.1) is 5.60 Å². The molecule has 88 valence electrons. The molecule has 1 N–H and O–H groups in total. The number of aliphatic hydroxyl groups is 1. The molecule has 0 unspecified atom stereocenters. The lowest BCUT2D eigenvalue weighted by atomic mass is 9.79. The van der Waals surface area contributed by atoms with E-state index >= 15 is 0 Å². The highest BCUT2D eigenvalue weighted by molar-refractivity contribution is 5.23. The first-order chi connectivity index (χ1) is 7.66. The van der Waals surface area contributed by atoms with Crippen LogP contribution in [0, 0.1) is 5.92 Å². The van der Waals surface area contributed by atoms with Gasteiger partial charge >= 0.3 is 0 Å². The van der Waals surface area contributed by atoms with Gasteiger partial charge in [-0.2, -0.15) is 0 Å². The van der Waals surface area contributed by atoms with Crippen LogP contribution in [-0.4, -0.2) is 30.1 Å². The summed E-state index contributed by atoms with van der Waals surface area (Å²) in [6.07, 6.45) is 1.88. The fourth-order valence-corrected chi connectivity index (χ4v) is 2.78. The zero-order valence-electron chi connectivity index (χ0n) is 10.2. The number of hydrogen-bond donors (Lipinski definition) is 1. The van der Waals surface area contributed by atoms with E-state index in [-0.39, 0.29) is 0 Å². The van der Waals surface area contributed by atoms with E-state index in [4.69, 9.17) is 0 Å². The highest BCUT2D eigenvalue weighted by Crippen LogP contribution is 2.37. The van der Waals surface area contributed by atoms with Crippen LogP contribution in [0.3, 0.4) is 0 Å². The number of rotatable bonds is 3. The van der Waals surface area contributed by atoms with Crippen molar-refractivity contribution < 1.29 is 5.11 Å². The van der Waals surface area contributed by atoms with E-state index in [1.807, 2.05) is 30.3 Å². The minimum absolute atomic E-state index is 0.366. The SMILES string of the molecule is CC[C@](O)(c1ccccc1)[C@H]1CCN(C)C1. The molecule has 1 aromatic carbocycles. The maximum Gasteiger partial charge on any atom is 0.0934 e. The van der Waals surface area contributed by atoms with Gasteiger partial charge in [-0.1, -0.05) is 37.3 Å². The maximum absolute atomic E-state index is 10.9. The van der Waals surface area contributed by atoms with Crippen molar-refractivity contribution in [1.82, 2.24) is 4.90 Å². The predicted octanol–water partition coefficient (Wildman–Crippen LogP) is 2.24. The summed E-state index contributed by atoms with van der Waals surface area (Å²) >= 11 is 0. The van der Waals surface area contributed by atoms with E-state index in [0.717, 1.165) is 31.5 Å². The van der Waals surface area contributed by atoms with Crippen molar-refractivity contribution in [1.29, 1.82) is 0 Å². The summed E-state index contributed by atoms with van der Waals surface area (Å²) in [5.41, 5.74) is 0.421. The average Bonchev–Trinajstić information content (AvgIpc) is 2.76. The highest BCUT2D eigenvalue weighted by Gasteiger charge is 2.39. The third kappa shape index (κ3) is 2.00. The molecular formula is C14H21NO. The largest absolute Gasteiger partial charge is 0.385 e. The normalized spacial score (nSPS) is 25.6. The zero-order valence-corrected chi connectivity index (χ0v) is 10.2. The molecule has 16 heavy (non-hydrogen) atoms. The van der Waals surface area contributed by atoms with Crippen LogP contribution in [0.2, 0.25) is 0 Å². The van der Waals surface area contributed by atoms with Gasteiger partial charge in [0, 0.05) is 12.5 Å². The van der Waals surface area contributed by atoms with Crippen LogP contribution in [0.15, 0.2) is 30.3 Å². The molecule has 0 radical (unpaired) electrons. The Hall–Kier alpha value is -0.860. The summed E-state index contributed by atoms with van der Waals surface area (Å²) in [6, 6.07) is 10.1. The van der Waals surface area contributed by atoms with Crippen LogP contribution in [0.1, 0.15) is 25.3 Å². The van der Waals surface area contributed by atoms with Gasteiger partial charge in [0.25, 0.3) is 0 Å². The third-order valence-electron chi connectivity index (χ3n) is 3.88. The summed E-state index contributed by atoms with van der Waals surface area (Å²) < 4.78 is 0. The molecule has 0 bridgehead atoms. The molecule has 2 atom stereocenters. The molecule has 0 aromatic heterocycles. The number of nitrogens with zero attached hydrogens (tertiary/aromatic N) is 1. The van der Waals surface area contributed by atoms with Crippen molar-refractivity contribution in [2.45, 2.75) is 25.4 Å². The van der Waals surface area contributed by atoms with E-state index in [9.17, 15) is 5.11 Å². The molecule has 2 rings (SSSR count). The van der Waals surface area contributed by atoms with Crippen LogP contribution in [0.25, 0.3) is 0 Å². The lowest BCUT2D eigenvalue weighted by Gasteiger charge is -2.33. The predicted molar refractivity (Wildman–Crippen MR) is 66.2 cm³/mol. The fourth-order valence-electron chi connectivity index (χ4n) is 2.78. The molecule has 1 saturated heterocycles. The Labute approximate surface area is 97.9 Å². The molecule has 1 aliphatic heterocycles. The highest BCUT2D eigenvalue weighted by atomic mass is 16.3. The summed E-state index contributed by atoms with van der Waals surface area (Å²) in [4.78, 5) is 2.30. The van der Waals surface area contributed by atoms with Crippen molar-refractivity contribution in [3.63, 3.8) is 0 Å². The van der Waals surface area contributed by atoms with E-state index in [1.165, 1.54) is 0 Å². The lowest BCUT2D eigenvalue weighted by Crippen LogP contribution is -2.36. The van der Waals surface area contributed by atoms with Crippen LogP contribution >= 0.6 is 0 Å². The second-order valence-electron chi connectivity index (χ2n) is 4.89. The van der Waals surface area contributed by atoms with Crippen molar-refractivity contribution in [2.75, 3.05) is 20.1 Å². The molecule has 1 aromatic rings. The first-order valence-corrected chi connectivity index (χ1v) is 6.13. The van der Waals surface area contributed by atoms with Gasteiger partial charge in [0.1, 0.15) is 0 Å². The maximum atomic E-state index is 10.9. The molecule has 2 heteroatoms. The molecule has 1 aliphatic rings. The van der Waals surface area contributed by atoms with E-state index in [0.29, 0.717) is 5.92 Å². The van der Waals surface area contributed by atoms with Crippen LogP contribution in [0.4, 0.5) is 0 Å². The molecule has 2 nitrogen and oxygen atoms in total. The number of hydrogen-bond acceptors (Lipinski definition) is 2. The Kier molecular flexibility index (Phi) is 3.31. The Morgan fingerprint density at radius 2 is 2.06 bits per heavy atom. The van der Waals surface area contributed by atoms with Gasteiger partial charge in [-0.05, 0) is 32.0 Å². The van der Waals surface area contributed by atoms with E-state index < -0.39 is 5.60 Å². The number of likely N-dealkylation sites (tertiary alicyclic amines) is 1. The molecule has 1 heterocycles. The van der Waals surface area contributed by atoms with Crippen molar-refractivity contribution in [2.24, 2.45) is 5.92 Å². The second kappa shape index (κ2) is 4.56. The molecule has 0 amide bonds. The van der Waals surface area contributed by atoms with Crippen molar-refractivity contribution >= 4 is 0 Å². The molecule has 0 saturated carbocycles. The minimum atomic E-state index is -0.647. The monoisotopic (exact) mass is 219 g/mol. The number of benzene rings is 1. The van der Waals surface area contributed by atoms with E-state index in [2.05, 4.69) is 18.9 Å². The van der Waals surface area contributed by atoms with Gasteiger partial charge < -0.3 is 10.0 Å². The molecule has 1 fully saturated rings. The lowest BCUT2D eigenvalue weighted by molar-refractivity contribution is -0.0234. The van der Waals surface area contributed by atoms with Crippen LogP contribution < -0.4 is 0 Å². The smallest absolute Gasteiger partial charge is 0.0934 e. The zero-order chi connectivity index (χ0) is 11.6. The van der Waals surface area contributed by atoms with Crippen molar-refractivity contribution in [3.05, 3.63) is 35.9 Å².